The van der Waals surface area contributed by atoms with Gasteiger partial charge in [0, 0.05) is 22.9 Å². The number of rotatable bonds is 16. The van der Waals surface area contributed by atoms with E-state index in [-0.39, 0.29) is 24.5 Å². The van der Waals surface area contributed by atoms with Crippen LogP contribution < -0.4 is 27.4 Å². The zero-order valence-corrected chi connectivity index (χ0v) is 22.8. The van der Waals surface area contributed by atoms with E-state index in [1.807, 2.05) is 44.3 Å². The molecule has 210 valence electrons. The molecule has 0 aliphatic heterocycles. The summed E-state index contributed by atoms with van der Waals surface area (Å²) < 4.78 is 0. The van der Waals surface area contributed by atoms with Gasteiger partial charge in [0.25, 0.3) is 0 Å². The number of carbonyl (C=O) groups excluding carboxylic acids is 3. The fraction of sp³-hybridized carbons (Fsp3) is 0.538. The third kappa shape index (κ3) is 9.34. The molecule has 0 radical (unpaired) electrons. The van der Waals surface area contributed by atoms with Gasteiger partial charge in [-0.1, -0.05) is 32.0 Å². The van der Waals surface area contributed by atoms with Crippen molar-refractivity contribution in [3.05, 3.63) is 36.0 Å². The van der Waals surface area contributed by atoms with Crippen molar-refractivity contribution in [1.82, 2.24) is 20.9 Å². The standard InChI is InChI=1S/C26H40N6O5S/c1-15(2)11-21(31-23(33)18(28)12-16-13-29-19-8-4-3-7-17(16)19)25(35)30-20(9-5-6-10-27)24(34)32-22(14-38)26(36)37/h3-4,7-8,13,15,18,20-22,29,38H,5-6,9-12,14,27-28H2,1-2H3,(H,30,35)(H,31,33)(H,32,34)(H,36,37). The van der Waals surface area contributed by atoms with Gasteiger partial charge in [0.15, 0.2) is 0 Å². The fourth-order valence-electron chi connectivity index (χ4n) is 4.10. The van der Waals surface area contributed by atoms with Crippen LogP contribution >= 0.6 is 12.6 Å². The first kappa shape index (κ1) is 31.1. The summed E-state index contributed by atoms with van der Waals surface area (Å²) in [6.45, 7) is 4.23. The molecule has 11 nitrogen and oxygen atoms in total. The monoisotopic (exact) mass is 548 g/mol. The summed E-state index contributed by atoms with van der Waals surface area (Å²) >= 11 is 3.97. The molecule has 38 heavy (non-hydrogen) atoms. The molecule has 0 spiro atoms. The number of para-hydroxylation sites is 1. The van der Waals surface area contributed by atoms with Crippen LogP contribution in [-0.2, 0) is 25.6 Å². The lowest BCUT2D eigenvalue weighted by atomic mass is 10.00. The highest BCUT2D eigenvalue weighted by Gasteiger charge is 2.30. The number of H-pyrrole nitrogens is 1. The summed E-state index contributed by atoms with van der Waals surface area (Å²) in [7, 11) is 0. The van der Waals surface area contributed by atoms with Crippen molar-refractivity contribution in [3.63, 3.8) is 0 Å². The molecule has 1 aromatic heterocycles. The van der Waals surface area contributed by atoms with E-state index < -0.39 is 47.9 Å². The van der Waals surface area contributed by atoms with Crippen molar-refractivity contribution in [1.29, 1.82) is 0 Å². The highest BCUT2D eigenvalue weighted by molar-refractivity contribution is 7.80. The minimum atomic E-state index is -1.23. The summed E-state index contributed by atoms with van der Waals surface area (Å²) in [5.74, 6) is -2.94. The number of aromatic amines is 1. The molecule has 12 heteroatoms. The van der Waals surface area contributed by atoms with Crippen LogP contribution in [0.3, 0.4) is 0 Å². The summed E-state index contributed by atoms with van der Waals surface area (Å²) in [5.41, 5.74) is 13.6. The van der Waals surface area contributed by atoms with Gasteiger partial charge in [-0.2, -0.15) is 12.6 Å². The lowest BCUT2D eigenvalue weighted by Gasteiger charge is -2.26. The molecule has 0 saturated heterocycles. The van der Waals surface area contributed by atoms with Gasteiger partial charge in [-0.3, -0.25) is 14.4 Å². The first-order valence-corrected chi connectivity index (χ1v) is 13.5. The van der Waals surface area contributed by atoms with Gasteiger partial charge in [0.05, 0.1) is 6.04 Å². The first-order valence-electron chi connectivity index (χ1n) is 12.8. The quantitative estimate of drug-likeness (QED) is 0.112. The van der Waals surface area contributed by atoms with E-state index in [0.29, 0.717) is 25.8 Å². The number of aromatic nitrogens is 1. The van der Waals surface area contributed by atoms with E-state index in [2.05, 4.69) is 33.6 Å². The second-order valence-corrected chi connectivity index (χ2v) is 10.2. The number of carbonyl (C=O) groups is 4. The number of hydrogen-bond donors (Lipinski definition) is 8. The number of benzene rings is 1. The van der Waals surface area contributed by atoms with Gasteiger partial charge in [-0.15, -0.1) is 0 Å². The number of carboxylic acid groups (broad SMARTS) is 1. The number of carboxylic acids is 1. The molecular formula is C26H40N6O5S. The third-order valence-electron chi connectivity index (χ3n) is 6.17. The highest BCUT2D eigenvalue weighted by Crippen LogP contribution is 2.19. The Labute approximate surface area is 228 Å². The lowest BCUT2D eigenvalue weighted by molar-refractivity contribution is -0.141. The molecule has 2 aromatic rings. The first-order chi connectivity index (χ1) is 18.1. The number of hydrogen-bond acceptors (Lipinski definition) is 7. The molecule has 9 N–H and O–H groups in total. The normalized spacial score (nSPS) is 14.5. The lowest BCUT2D eigenvalue weighted by Crippen LogP contribution is -2.57. The van der Waals surface area contributed by atoms with Crippen LogP contribution in [0.5, 0.6) is 0 Å². The molecule has 0 bridgehead atoms. The second-order valence-electron chi connectivity index (χ2n) is 9.79. The molecule has 0 fully saturated rings. The average molecular weight is 549 g/mol. The summed E-state index contributed by atoms with van der Waals surface area (Å²) in [6.07, 6.45) is 3.85. The zero-order valence-electron chi connectivity index (χ0n) is 21.9. The van der Waals surface area contributed by atoms with Crippen LogP contribution in [0.25, 0.3) is 10.9 Å². The van der Waals surface area contributed by atoms with Crippen molar-refractivity contribution in [2.45, 2.75) is 70.1 Å². The smallest absolute Gasteiger partial charge is 0.327 e. The van der Waals surface area contributed by atoms with Gasteiger partial charge in [-0.05, 0) is 56.2 Å². The van der Waals surface area contributed by atoms with Crippen molar-refractivity contribution >= 4 is 47.2 Å². The van der Waals surface area contributed by atoms with Crippen LogP contribution in [0, 0.1) is 5.92 Å². The maximum atomic E-state index is 13.3. The Balaban J connectivity index is 2.11. The van der Waals surface area contributed by atoms with Crippen molar-refractivity contribution in [3.8, 4) is 0 Å². The van der Waals surface area contributed by atoms with Crippen LogP contribution in [0.1, 0.15) is 45.1 Å². The molecule has 0 aliphatic carbocycles. The number of nitrogens with one attached hydrogen (secondary N) is 4. The van der Waals surface area contributed by atoms with Crippen LogP contribution in [0.2, 0.25) is 0 Å². The van der Waals surface area contributed by atoms with Gasteiger partial charge in [0.2, 0.25) is 17.7 Å². The van der Waals surface area contributed by atoms with E-state index >= 15 is 0 Å². The predicted molar refractivity (Wildman–Crippen MR) is 150 cm³/mol. The SMILES string of the molecule is CC(C)CC(NC(=O)C(N)Cc1c[nH]c2ccccc12)C(=O)NC(CCCCN)C(=O)NC(CS)C(=O)O. The maximum Gasteiger partial charge on any atom is 0.327 e. The largest absolute Gasteiger partial charge is 0.480 e. The molecule has 0 saturated carbocycles. The number of nitrogens with two attached hydrogens (primary N) is 2. The van der Waals surface area contributed by atoms with E-state index in [1.165, 1.54) is 0 Å². The topological polar surface area (TPSA) is 192 Å². The minimum Gasteiger partial charge on any atom is -0.480 e. The Hall–Kier alpha value is -3.09. The maximum absolute atomic E-state index is 13.3. The van der Waals surface area contributed by atoms with E-state index in [9.17, 15) is 24.3 Å². The van der Waals surface area contributed by atoms with Crippen molar-refractivity contribution in [2.24, 2.45) is 17.4 Å². The molecule has 0 aliphatic rings. The summed E-state index contributed by atoms with van der Waals surface area (Å²) in [4.78, 5) is 53.6. The Morgan fingerprint density at radius 1 is 0.974 bits per heavy atom. The summed E-state index contributed by atoms with van der Waals surface area (Å²) in [5, 5.41) is 18.1. The van der Waals surface area contributed by atoms with Gasteiger partial charge < -0.3 is 37.5 Å². The van der Waals surface area contributed by atoms with Crippen molar-refractivity contribution < 1.29 is 24.3 Å². The highest BCUT2D eigenvalue weighted by atomic mass is 32.1. The average Bonchev–Trinajstić information content (AvgIpc) is 3.28. The van der Waals surface area contributed by atoms with Crippen LogP contribution in [0.4, 0.5) is 0 Å². The van der Waals surface area contributed by atoms with E-state index in [1.54, 1.807) is 0 Å². The van der Waals surface area contributed by atoms with Crippen LogP contribution in [0.15, 0.2) is 30.5 Å². The van der Waals surface area contributed by atoms with E-state index in [0.717, 1.165) is 16.5 Å². The molecule has 4 atom stereocenters. The summed E-state index contributed by atoms with van der Waals surface area (Å²) in [6, 6.07) is 3.67. The number of unbranched alkanes of at least 4 members (excludes halogenated alkanes) is 1. The van der Waals surface area contributed by atoms with E-state index in [4.69, 9.17) is 11.5 Å². The minimum absolute atomic E-state index is 0.0565. The number of amides is 3. The van der Waals surface area contributed by atoms with Gasteiger partial charge in [-0.25, -0.2) is 4.79 Å². The third-order valence-corrected chi connectivity index (χ3v) is 6.53. The molecule has 1 aromatic carbocycles. The van der Waals surface area contributed by atoms with Gasteiger partial charge >= 0.3 is 5.97 Å². The Morgan fingerprint density at radius 3 is 2.24 bits per heavy atom. The molecule has 2 rings (SSSR count). The number of thiol groups is 1. The van der Waals surface area contributed by atoms with Crippen LogP contribution in [-0.4, -0.2) is 70.2 Å². The molecular weight excluding hydrogens is 508 g/mol. The van der Waals surface area contributed by atoms with Gasteiger partial charge in [0.1, 0.15) is 18.1 Å². The Bertz CT molecular complexity index is 1090. The number of fused-ring (bicyclic) bond motifs is 1. The Morgan fingerprint density at radius 2 is 1.61 bits per heavy atom. The van der Waals surface area contributed by atoms with Crippen molar-refractivity contribution in [2.75, 3.05) is 12.3 Å². The number of aliphatic carboxylic acids is 1. The zero-order chi connectivity index (χ0) is 28.2. The molecule has 3 amide bonds. The molecule has 1 heterocycles. The fourth-order valence-corrected chi connectivity index (χ4v) is 4.35. The Kier molecular flexibility index (Phi) is 12.6. The predicted octanol–water partition coefficient (Wildman–Crippen LogP) is 0.682. The second kappa shape index (κ2) is 15.4. The molecule has 4 unspecified atom stereocenters.